The monoisotopic (exact) mass is 500 g/mol. The van der Waals surface area contributed by atoms with E-state index in [1.54, 1.807) is 24.7 Å². The Labute approximate surface area is 99.3 Å². The van der Waals surface area contributed by atoms with Crippen LogP contribution in [0.1, 0.15) is 11.1 Å². The molecule has 0 unspecified atom stereocenters. The normalized spacial score (nSPS) is 7.33. The van der Waals surface area contributed by atoms with Crippen molar-refractivity contribution < 1.29 is 51.7 Å². The van der Waals surface area contributed by atoms with Gasteiger partial charge in [0.25, 0.3) is 0 Å². The Bertz CT molecular complexity index is 234. The average molecular weight is 500 g/mol. The fourth-order valence-electron chi connectivity index (χ4n) is 0.661. The SMILES string of the molecule is O=[C-]c1ccccc1[C-]=O.[W].[W]. The Morgan fingerprint density at radius 3 is 1.42 bits per heavy atom. The predicted molar refractivity (Wildman–Crippen MR) is 36.0 cm³/mol. The van der Waals surface area contributed by atoms with Crippen molar-refractivity contribution in [3.63, 3.8) is 0 Å². The molecule has 0 aliphatic rings. The number of carbonyl (C=O) groups excluding carboxylic acids is 2. The number of rotatable bonds is 2. The van der Waals surface area contributed by atoms with Crippen LogP contribution in [0.25, 0.3) is 0 Å². The Hall–Kier alpha value is -0.0634. The van der Waals surface area contributed by atoms with Gasteiger partial charge in [0.05, 0.1) is 0 Å². The molecule has 0 radical (unpaired) electrons. The maximum Gasteiger partial charge on any atom is 0 e. The quantitative estimate of drug-likeness (QED) is 0.559. The van der Waals surface area contributed by atoms with Crippen LogP contribution in [0.15, 0.2) is 24.3 Å². The molecule has 2 nitrogen and oxygen atoms in total. The van der Waals surface area contributed by atoms with Crippen LogP contribution in [0.2, 0.25) is 0 Å². The van der Waals surface area contributed by atoms with E-state index in [9.17, 15) is 9.59 Å². The van der Waals surface area contributed by atoms with Crippen LogP contribution >= 0.6 is 0 Å². The Morgan fingerprint density at radius 2 is 1.17 bits per heavy atom. The van der Waals surface area contributed by atoms with Crippen LogP contribution in [0, 0.1) is 0 Å². The minimum Gasteiger partial charge on any atom is -0.391 e. The second-order valence-electron chi connectivity index (χ2n) is 1.75. The molecule has 0 bridgehead atoms. The minimum atomic E-state index is 0. The van der Waals surface area contributed by atoms with E-state index < -0.39 is 0 Å². The van der Waals surface area contributed by atoms with Gasteiger partial charge in [-0.25, -0.2) is 12.1 Å². The fourth-order valence-corrected chi connectivity index (χ4v) is 0.661. The number of hydrogen-bond acceptors (Lipinski definition) is 2. The third kappa shape index (κ3) is 3.56. The summed E-state index contributed by atoms with van der Waals surface area (Å²) in [5.74, 6) is 0. The van der Waals surface area contributed by atoms with E-state index >= 15 is 0 Å². The predicted octanol–water partition coefficient (Wildman–Crippen LogP) is 0.597. The molecule has 1 aromatic carbocycles. The summed E-state index contributed by atoms with van der Waals surface area (Å²) in [6.07, 6.45) is 3.27. The van der Waals surface area contributed by atoms with E-state index in [0.717, 1.165) is 0 Å². The first kappa shape index (κ1) is 14.5. The van der Waals surface area contributed by atoms with Crippen molar-refractivity contribution in [2.45, 2.75) is 0 Å². The maximum atomic E-state index is 10.1. The molecule has 0 saturated heterocycles. The fraction of sp³-hybridized carbons (Fsp3) is 0. The second kappa shape index (κ2) is 7.58. The van der Waals surface area contributed by atoms with Gasteiger partial charge >= 0.3 is 0 Å². The van der Waals surface area contributed by atoms with Gasteiger partial charge in [0.15, 0.2) is 0 Å². The third-order valence-electron chi connectivity index (χ3n) is 1.15. The van der Waals surface area contributed by atoms with Gasteiger partial charge < -0.3 is 9.59 Å². The van der Waals surface area contributed by atoms with Gasteiger partial charge in [-0.3, -0.25) is 11.1 Å². The summed E-state index contributed by atoms with van der Waals surface area (Å²) < 4.78 is 0. The summed E-state index contributed by atoms with van der Waals surface area (Å²) in [6, 6.07) is 6.38. The van der Waals surface area contributed by atoms with Crippen LogP contribution < -0.4 is 0 Å². The summed E-state index contributed by atoms with van der Waals surface area (Å²) >= 11 is 0. The number of benzene rings is 1. The zero-order valence-electron chi connectivity index (χ0n) is 5.94. The van der Waals surface area contributed by atoms with Crippen molar-refractivity contribution in [3.05, 3.63) is 35.4 Å². The molecule has 4 heteroatoms. The summed E-state index contributed by atoms with van der Waals surface area (Å²) in [5, 5.41) is 0. The van der Waals surface area contributed by atoms with Crippen molar-refractivity contribution in [1.29, 1.82) is 0 Å². The zero-order valence-corrected chi connectivity index (χ0v) is 11.8. The van der Waals surface area contributed by atoms with Crippen molar-refractivity contribution in [2.24, 2.45) is 0 Å². The molecular formula is C8H4O2W2-2. The smallest absolute Gasteiger partial charge is 0 e. The first-order valence-corrected chi connectivity index (χ1v) is 2.74. The molecule has 0 fully saturated rings. The Morgan fingerprint density at radius 1 is 0.833 bits per heavy atom. The minimum absolute atomic E-state index is 0. The zero-order chi connectivity index (χ0) is 7.40. The molecule has 0 heterocycles. The van der Waals surface area contributed by atoms with E-state index in [0.29, 0.717) is 0 Å². The molecule has 0 aliphatic carbocycles. The van der Waals surface area contributed by atoms with Crippen LogP contribution in [0.3, 0.4) is 0 Å². The van der Waals surface area contributed by atoms with Gasteiger partial charge in [-0.2, -0.15) is 0 Å². The van der Waals surface area contributed by atoms with Crippen LogP contribution in [-0.2, 0) is 51.7 Å². The van der Waals surface area contributed by atoms with E-state index in [1.165, 1.54) is 12.1 Å². The standard InChI is InChI=1S/C8H4O2.2W/c9-5-7-3-1-2-4-8(7)6-10;;/h1-4H;;/q-2;;. The summed E-state index contributed by atoms with van der Waals surface area (Å²) in [5.41, 5.74) is 0.523. The summed E-state index contributed by atoms with van der Waals surface area (Å²) in [4.78, 5) is 20.2. The topological polar surface area (TPSA) is 34.1 Å². The van der Waals surface area contributed by atoms with E-state index in [1.807, 2.05) is 0 Å². The van der Waals surface area contributed by atoms with Crippen molar-refractivity contribution >= 4 is 12.6 Å². The molecule has 12 heavy (non-hydrogen) atoms. The van der Waals surface area contributed by atoms with Crippen molar-refractivity contribution in [2.75, 3.05) is 0 Å². The van der Waals surface area contributed by atoms with E-state index in [-0.39, 0.29) is 53.3 Å². The molecular weight excluding hydrogens is 496 g/mol. The Balaban J connectivity index is 0. The third-order valence-corrected chi connectivity index (χ3v) is 1.15. The summed E-state index contributed by atoms with van der Waals surface area (Å²) in [7, 11) is 0. The molecule has 0 amide bonds. The van der Waals surface area contributed by atoms with Crippen LogP contribution in [0.4, 0.5) is 0 Å². The molecule has 0 N–H and O–H groups in total. The van der Waals surface area contributed by atoms with Crippen LogP contribution in [0.5, 0.6) is 0 Å². The molecule has 0 aliphatic heterocycles. The second-order valence-corrected chi connectivity index (χ2v) is 1.75. The number of hydrogen-bond donors (Lipinski definition) is 0. The van der Waals surface area contributed by atoms with E-state index in [4.69, 9.17) is 0 Å². The molecule has 62 valence electrons. The first-order chi connectivity index (χ1) is 4.88. The van der Waals surface area contributed by atoms with Gasteiger partial charge in [0.1, 0.15) is 0 Å². The summed E-state index contributed by atoms with van der Waals surface area (Å²) in [6.45, 7) is 0. The molecule has 0 spiro atoms. The van der Waals surface area contributed by atoms with Gasteiger partial charge in [-0.15, -0.1) is 12.1 Å². The molecule has 0 atom stereocenters. The maximum absolute atomic E-state index is 10.1. The largest absolute Gasteiger partial charge is 0.391 e. The van der Waals surface area contributed by atoms with Gasteiger partial charge in [-0.05, 0) is 12.6 Å². The van der Waals surface area contributed by atoms with E-state index in [2.05, 4.69) is 0 Å². The molecule has 0 saturated carbocycles. The average Bonchev–Trinajstić information content (AvgIpc) is 2.04. The van der Waals surface area contributed by atoms with Crippen molar-refractivity contribution in [1.82, 2.24) is 0 Å². The first-order valence-electron chi connectivity index (χ1n) is 2.74. The molecule has 0 aromatic heterocycles. The molecule has 1 aromatic rings. The Kier molecular flexibility index (Phi) is 9.13. The molecule has 1 rings (SSSR count). The van der Waals surface area contributed by atoms with Gasteiger partial charge in [-0.1, -0.05) is 0 Å². The van der Waals surface area contributed by atoms with Crippen molar-refractivity contribution in [3.8, 4) is 0 Å². The van der Waals surface area contributed by atoms with Gasteiger partial charge in [0.2, 0.25) is 0 Å². The van der Waals surface area contributed by atoms with Gasteiger partial charge in [0, 0.05) is 42.1 Å². The van der Waals surface area contributed by atoms with Crippen LogP contribution in [-0.4, -0.2) is 12.6 Å².